The van der Waals surface area contributed by atoms with E-state index in [0.29, 0.717) is 30.4 Å². The summed E-state index contributed by atoms with van der Waals surface area (Å²) in [6.45, 7) is 11.3. The smallest absolute Gasteiger partial charge is 0.303 e. The first kappa shape index (κ1) is 25.5. The van der Waals surface area contributed by atoms with E-state index in [1.807, 2.05) is 27.7 Å². The fourth-order valence-electron chi connectivity index (χ4n) is 8.67. The Morgan fingerprint density at radius 1 is 1.12 bits per heavy atom. The van der Waals surface area contributed by atoms with Crippen LogP contribution in [-0.4, -0.2) is 55.8 Å². The molecule has 4 aliphatic carbocycles. The number of rotatable bonds is 4. The summed E-state index contributed by atoms with van der Waals surface area (Å²) in [4.78, 5) is 38.9. The Balaban J connectivity index is 1.87. The van der Waals surface area contributed by atoms with Crippen LogP contribution in [0.3, 0.4) is 0 Å². The molecule has 0 radical (unpaired) electrons. The van der Waals surface area contributed by atoms with Crippen molar-refractivity contribution in [2.75, 3.05) is 0 Å². The number of hydrogen-bond acceptors (Lipinski definition) is 6. The molecule has 0 heterocycles. The van der Waals surface area contributed by atoms with Crippen LogP contribution in [0.25, 0.3) is 0 Å². The first-order valence-corrected chi connectivity index (χ1v) is 12.6. The minimum Gasteiger partial charge on any atom is -0.481 e. The quantitative estimate of drug-likeness (QED) is 0.490. The number of hydrogen-bond donors (Lipinski definition) is 4. The molecule has 8 unspecified atom stereocenters. The lowest BCUT2D eigenvalue weighted by molar-refractivity contribution is -0.148. The number of allylic oxidation sites excluding steroid dienone is 1. The highest BCUT2D eigenvalue weighted by Crippen LogP contribution is 2.71. The number of ketones is 2. The Morgan fingerprint density at radius 3 is 2.32 bits per heavy atom. The number of fused-ring (bicyclic) bond motifs is 4. The highest BCUT2D eigenvalue weighted by Gasteiger charge is 2.71. The summed E-state index contributed by atoms with van der Waals surface area (Å²) in [5, 5.41) is 42.8. The van der Waals surface area contributed by atoms with E-state index in [2.05, 4.69) is 6.92 Å². The zero-order valence-electron chi connectivity index (χ0n) is 21.3. The number of aliphatic carboxylic acids is 1. The first-order valence-electron chi connectivity index (χ1n) is 12.6. The number of aliphatic hydroxyl groups is 3. The van der Waals surface area contributed by atoms with Gasteiger partial charge in [0.25, 0.3) is 0 Å². The largest absolute Gasteiger partial charge is 0.481 e. The van der Waals surface area contributed by atoms with Gasteiger partial charge in [-0.05, 0) is 67.3 Å². The van der Waals surface area contributed by atoms with Gasteiger partial charge >= 0.3 is 5.97 Å². The van der Waals surface area contributed by atoms with Crippen molar-refractivity contribution >= 4 is 17.5 Å². The standard InChI is InChI=1S/C27H40O7/c1-23(2)16-11-14(28)22-21(24(16,3)9-7-18(23)30)15(29)13-25(4)17(12-19(31)27(22,25)6)26(5,34)10-8-20(32)33/h14,16-18,28,30,34H,7-13H2,1-6H3,(H,32,33). The summed E-state index contributed by atoms with van der Waals surface area (Å²) in [6, 6.07) is 0. The number of aliphatic hydroxyl groups excluding tert-OH is 2. The zero-order valence-corrected chi connectivity index (χ0v) is 21.3. The van der Waals surface area contributed by atoms with Crippen LogP contribution in [0.1, 0.15) is 86.5 Å². The van der Waals surface area contributed by atoms with Crippen molar-refractivity contribution in [2.45, 2.75) is 104 Å². The van der Waals surface area contributed by atoms with Crippen molar-refractivity contribution in [3.05, 3.63) is 11.1 Å². The van der Waals surface area contributed by atoms with Gasteiger partial charge in [0, 0.05) is 30.8 Å². The number of carbonyl (C=O) groups is 3. The lowest BCUT2D eigenvalue weighted by Crippen LogP contribution is -2.61. The third-order valence-electron chi connectivity index (χ3n) is 10.9. The molecule has 8 atom stereocenters. The van der Waals surface area contributed by atoms with Crippen LogP contribution in [0, 0.1) is 33.5 Å². The number of carbonyl (C=O) groups excluding carboxylic acids is 2. The molecule has 0 aliphatic heterocycles. The van der Waals surface area contributed by atoms with Crippen molar-refractivity contribution in [2.24, 2.45) is 33.5 Å². The molecule has 0 amide bonds. The maximum atomic E-state index is 13.9. The monoisotopic (exact) mass is 476 g/mol. The van der Waals surface area contributed by atoms with Crippen LogP contribution in [0.15, 0.2) is 11.1 Å². The second-order valence-corrected chi connectivity index (χ2v) is 13.0. The molecule has 0 saturated heterocycles. The van der Waals surface area contributed by atoms with Crippen LogP contribution in [0.2, 0.25) is 0 Å². The van der Waals surface area contributed by atoms with Crippen molar-refractivity contribution in [1.82, 2.24) is 0 Å². The van der Waals surface area contributed by atoms with Crippen molar-refractivity contribution < 1.29 is 34.8 Å². The molecule has 2 saturated carbocycles. The SMILES string of the molecule is CC(O)(CCC(=O)O)C1CC(=O)C2(C)C3=C(C(=O)CC12C)C1(C)CCC(O)C(C)(C)C1CC3O. The number of carboxylic acids is 1. The molecule has 0 aromatic carbocycles. The van der Waals surface area contributed by atoms with E-state index in [4.69, 9.17) is 5.11 Å². The van der Waals surface area contributed by atoms with E-state index in [9.17, 15) is 29.7 Å². The lowest BCUT2D eigenvalue weighted by atomic mass is 9.42. The molecular formula is C27H40O7. The average Bonchev–Trinajstić information content (AvgIpc) is 2.93. The summed E-state index contributed by atoms with van der Waals surface area (Å²) in [7, 11) is 0. The van der Waals surface area contributed by atoms with Gasteiger partial charge in [-0.25, -0.2) is 0 Å². The van der Waals surface area contributed by atoms with E-state index in [1.54, 1.807) is 6.92 Å². The normalized spacial score (nSPS) is 45.3. The predicted molar refractivity (Wildman–Crippen MR) is 125 cm³/mol. The number of carboxylic acid groups (broad SMARTS) is 1. The second kappa shape index (κ2) is 7.47. The molecule has 4 rings (SSSR count). The van der Waals surface area contributed by atoms with E-state index >= 15 is 0 Å². The Kier molecular flexibility index (Phi) is 5.61. The van der Waals surface area contributed by atoms with Crippen LogP contribution in [0.5, 0.6) is 0 Å². The third kappa shape index (κ3) is 3.09. The van der Waals surface area contributed by atoms with Crippen LogP contribution >= 0.6 is 0 Å². The second-order valence-electron chi connectivity index (χ2n) is 13.0. The Hall–Kier alpha value is -1.57. The molecule has 34 heavy (non-hydrogen) atoms. The van der Waals surface area contributed by atoms with E-state index in [1.165, 1.54) is 0 Å². The van der Waals surface area contributed by atoms with Crippen molar-refractivity contribution in [3.8, 4) is 0 Å². The highest BCUT2D eigenvalue weighted by molar-refractivity contribution is 6.05. The van der Waals surface area contributed by atoms with Crippen LogP contribution < -0.4 is 0 Å². The minimum absolute atomic E-state index is 0.0134. The van der Waals surface area contributed by atoms with Crippen LogP contribution in [-0.2, 0) is 14.4 Å². The Labute approximate surface area is 201 Å². The maximum absolute atomic E-state index is 13.9. The summed E-state index contributed by atoms with van der Waals surface area (Å²) >= 11 is 0. The molecule has 0 spiro atoms. The molecule has 7 heteroatoms. The summed E-state index contributed by atoms with van der Waals surface area (Å²) in [5.74, 6) is -1.93. The fourth-order valence-corrected chi connectivity index (χ4v) is 8.67. The summed E-state index contributed by atoms with van der Waals surface area (Å²) in [6.07, 6.45) is -0.118. The molecular weight excluding hydrogens is 436 g/mol. The zero-order chi connectivity index (χ0) is 25.6. The molecule has 2 fully saturated rings. The van der Waals surface area contributed by atoms with Crippen molar-refractivity contribution in [3.63, 3.8) is 0 Å². The van der Waals surface area contributed by atoms with Gasteiger partial charge in [-0.3, -0.25) is 14.4 Å². The van der Waals surface area contributed by atoms with Gasteiger partial charge in [-0.1, -0.05) is 27.7 Å². The van der Waals surface area contributed by atoms with Gasteiger partial charge in [-0.2, -0.15) is 0 Å². The average molecular weight is 477 g/mol. The minimum atomic E-state index is -1.44. The molecule has 190 valence electrons. The molecule has 7 nitrogen and oxygen atoms in total. The topological polar surface area (TPSA) is 132 Å². The molecule has 0 aromatic heterocycles. The maximum Gasteiger partial charge on any atom is 0.303 e. The molecule has 0 aromatic rings. The van der Waals surface area contributed by atoms with E-state index in [-0.39, 0.29) is 43.2 Å². The summed E-state index contributed by atoms with van der Waals surface area (Å²) in [5.41, 5.74) is -3.46. The van der Waals surface area contributed by atoms with Gasteiger partial charge in [0.15, 0.2) is 5.78 Å². The molecule has 4 aliphatic rings. The van der Waals surface area contributed by atoms with Gasteiger partial charge in [0.2, 0.25) is 0 Å². The Morgan fingerprint density at radius 2 is 1.74 bits per heavy atom. The van der Waals surface area contributed by atoms with Crippen LogP contribution in [0.4, 0.5) is 0 Å². The van der Waals surface area contributed by atoms with Crippen molar-refractivity contribution in [1.29, 1.82) is 0 Å². The number of Topliss-reactive ketones (excluding diaryl/α,β-unsaturated/α-hetero) is 2. The summed E-state index contributed by atoms with van der Waals surface area (Å²) < 4.78 is 0. The molecule has 4 N–H and O–H groups in total. The lowest BCUT2D eigenvalue weighted by Gasteiger charge is -2.62. The Bertz CT molecular complexity index is 977. The molecule has 0 bridgehead atoms. The van der Waals surface area contributed by atoms with Gasteiger partial charge in [0.05, 0.1) is 23.2 Å². The first-order chi connectivity index (χ1) is 15.4. The highest BCUT2D eigenvalue weighted by atomic mass is 16.4. The predicted octanol–water partition coefficient (Wildman–Crippen LogP) is 3.04. The fraction of sp³-hybridized carbons (Fsp3) is 0.815. The van der Waals surface area contributed by atoms with E-state index < -0.39 is 51.4 Å². The van der Waals surface area contributed by atoms with E-state index in [0.717, 1.165) is 0 Å². The van der Waals surface area contributed by atoms with Gasteiger partial charge in [0.1, 0.15) is 5.78 Å². The third-order valence-corrected chi connectivity index (χ3v) is 10.9. The van der Waals surface area contributed by atoms with Gasteiger partial charge in [-0.15, -0.1) is 0 Å². The van der Waals surface area contributed by atoms with Gasteiger partial charge < -0.3 is 20.4 Å².